The average Bonchev–Trinajstić information content (AvgIpc) is 2.52. The zero-order chi connectivity index (χ0) is 13.4. The summed E-state index contributed by atoms with van der Waals surface area (Å²) in [5.41, 5.74) is 6.41. The third-order valence-corrected chi connectivity index (χ3v) is 2.53. The summed E-state index contributed by atoms with van der Waals surface area (Å²) in [5, 5.41) is 6.61. The fourth-order valence-electron chi connectivity index (χ4n) is 1.57. The molecule has 18 heavy (non-hydrogen) atoms. The van der Waals surface area contributed by atoms with Crippen molar-refractivity contribution in [3.8, 4) is 0 Å². The molecule has 3 N–H and O–H groups in total. The molecule has 4 nitrogen and oxygen atoms in total. The monoisotopic (exact) mass is 256 g/mol. The van der Waals surface area contributed by atoms with Gasteiger partial charge in [0.2, 0.25) is 0 Å². The SMILES string of the molecule is Cc1nn(C)c(Nc2cc(F)c(F)cc2F)c1N. The molecule has 0 amide bonds. The Morgan fingerprint density at radius 3 is 2.33 bits per heavy atom. The van der Waals surface area contributed by atoms with E-state index < -0.39 is 17.5 Å². The van der Waals surface area contributed by atoms with E-state index in [1.54, 1.807) is 14.0 Å². The Bertz CT molecular complexity index is 607. The van der Waals surface area contributed by atoms with Crippen molar-refractivity contribution >= 4 is 17.2 Å². The molecule has 0 saturated carbocycles. The van der Waals surface area contributed by atoms with Crippen molar-refractivity contribution in [2.75, 3.05) is 11.1 Å². The van der Waals surface area contributed by atoms with Gasteiger partial charge in [0.25, 0.3) is 0 Å². The first kappa shape index (κ1) is 12.3. The lowest BCUT2D eigenvalue weighted by Crippen LogP contribution is -2.04. The van der Waals surface area contributed by atoms with Gasteiger partial charge in [-0.25, -0.2) is 13.2 Å². The van der Waals surface area contributed by atoms with Gasteiger partial charge in [-0.1, -0.05) is 0 Å². The molecule has 0 aliphatic rings. The third-order valence-electron chi connectivity index (χ3n) is 2.53. The highest BCUT2D eigenvalue weighted by Gasteiger charge is 2.14. The number of aryl methyl sites for hydroxylation is 2. The van der Waals surface area contributed by atoms with Gasteiger partial charge in [0.05, 0.1) is 17.1 Å². The summed E-state index contributed by atoms with van der Waals surface area (Å²) in [7, 11) is 1.60. The number of hydrogen-bond acceptors (Lipinski definition) is 3. The van der Waals surface area contributed by atoms with Crippen molar-refractivity contribution in [2.24, 2.45) is 7.05 Å². The summed E-state index contributed by atoms with van der Waals surface area (Å²) < 4.78 is 40.6. The van der Waals surface area contributed by atoms with Crippen LogP contribution in [0, 0.1) is 24.4 Å². The summed E-state index contributed by atoms with van der Waals surface area (Å²) in [6, 6.07) is 1.20. The number of halogens is 3. The van der Waals surface area contributed by atoms with E-state index in [0.29, 0.717) is 23.3 Å². The Morgan fingerprint density at radius 1 is 1.17 bits per heavy atom. The number of nitrogens with one attached hydrogen (secondary N) is 1. The minimum atomic E-state index is -1.24. The molecule has 1 aromatic heterocycles. The molecule has 0 radical (unpaired) electrons. The quantitative estimate of drug-likeness (QED) is 0.811. The van der Waals surface area contributed by atoms with Crippen LogP contribution in [0.15, 0.2) is 12.1 Å². The fourth-order valence-corrected chi connectivity index (χ4v) is 1.57. The molecular weight excluding hydrogens is 245 g/mol. The zero-order valence-electron chi connectivity index (χ0n) is 9.76. The third kappa shape index (κ3) is 1.99. The van der Waals surface area contributed by atoms with Crippen LogP contribution < -0.4 is 11.1 Å². The Kier molecular flexibility index (Phi) is 2.90. The molecule has 0 atom stereocenters. The fraction of sp³-hybridized carbons (Fsp3) is 0.182. The van der Waals surface area contributed by atoms with Crippen LogP contribution in [0.25, 0.3) is 0 Å². The highest BCUT2D eigenvalue weighted by Crippen LogP contribution is 2.27. The second-order valence-corrected chi connectivity index (χ2v) is 3.84. The van der Waals surface area contributed by atoms with Crippen LogP contribution in [0.5, 0.6) is 0 Å². The molecule has 0 bridgehead atoms. The first-order chi connectivity index (χ1) is 8.40. The molecule has 0 aliphatic carbocycles. The normalized spacial score (nSPS) is 10.7. The number of hydrogen-bond donors (Lipinski definition) is 2. The van der Waals surface area contributed by atoms with Gasteiger partial charge >= 0.3 is 0 Å². The van der Waals surface area contributed by atoms with Gasteiger partial charge in [-0.2, -0.15) is 5.10 Å². The van der Waals surface area contributed by atoms with Crippen molar-refractivity contribution in [2.45, 2.75) is 6.92 Å². The van der Waals surface area contributed by atoms with Gasteiger partial charge in [0, 0.05) is 19.2 Å². The highest BCUT2D eigenvalue weighted by molar-refractivity contribution is 5.71. The summed E-state index contributed by atoms with van der Waals surface area (Å²) in [6.07, 6.45) is 0. The minimum Gasteiger partial charge on any atom is -0.394 e. The van der Waals surface area contributed by atoms with E-state index in [-0.39, 0.29) is 5.69 Å². The first-order valence-corrected chi connectivity index (χ1v) is 5.10. The lowest BCUT2D eigenvalue weighted by atomic mass is 10.2. The molecule has 0 fully saturated rings. The smallest absolute Gasteiger partial charge is 0.161 e. The van der Waals surface area contributed by atoms with E-state index in [1.165, 1.54) is 4.68 Å². The maximum Gasteiger partial charge on any atom is 0.161 e. The molecule has 1 aromatic carbocycles. The van der Waals surface area contributed by atoms with E-state index in [4.69, 9.17) is 5.73 Å². The zero-order valence-corrected chi connectivity index (χ0v) is 9.76. The second kappa shape index (κ2) is 4.25. The number of benzene rings is 1. The van der Waals surface area contributed by atoms with Crippen molar-refractivity contribution in [3.05, 3.63) is 35.3 Å². The molecule has 0 saturated heterocycles. The average molecular weight is 256 g/mol. The molecule has 2 aromatic rings. The maximum absolute atomic E-state index is 13.4. The van der Waals surface area contributed by atoms with Crippen LogP contribution in [-0.2, 0) is 7.05 Å². The van der Waals surface area contributed by atoms with Crippen molar-refractivity contribution in [1.82, 2.24) is 9.78 Å². The van der Waals surface area contributed by atoms with Gasteiger partial charge < -0.3 is 11.1 Å². The molecule has 0 aliphatic heterocycles. The number of anilines is 3. The predicted molar refractivity (Wildman–Crippen MR) is 62.0 cm³/mol. The van der Waals surface area contributed by atoms with Crippen LogP contribution in [0.4, 0.5) is 30.4 Å². The van der Waals surface area contributed by atoms with Gasteiger partial charge in [-0.05, 0) is 6.92 Å². The molecule has 2 rings (SSSR count). The number of nitrogens with zero attached hydrogens (tertiary/aromatic N) is 2. The van der Waals surface area contributed by atoms with Crippen LogP contribution in [0.1, 0.15) is 5.69 Å². The molecule has 1 heterocycles. The van der Waals surface area contributed by atoms with Gasteiger partial charge in [0.15, 0.2) is 17.5 Å². The number of aromatic nitrogens is 2. The van der Waals surface area contributed by atoms with E-state index in [0.717, 1.165) is 6.07 Å². The van der Waals surface area contributed by atoms with E-state index in [2.05, 4.69) is 10.4 Å². The summed E-state index contributed by atoms with van der Waals surface area (Å²) in [4.78, 5) is 0. The van der Waals surface area contributed by atoms with Crippen LogP contribution in [-0.4, -0.2) is 9.78 Å². The largest absolute Gasteiger partial charge is 0.394 e. The Labute approximate surface area is 101 Å². The summed E-state index contributed by atoms with van der Waals surface area (Å²) in [6.45, 7) is 1.68. The van der Waals surface area contributed by atoms with Crippen LogP contribution in [0.2, 0.25) is 0 Å². The standard InChI is InChI=1S/C11H11F3N4/c1-5-10(15)11(18(2)17-5)16-9-4-7(13)6(12)3-8(9)14/h3-4,16H,15H2,1-2H3. The van der Waals surface area contributed by atoms with Crippen LogP contribution in [0.3, 0.4) is 0 Å². The maximum atomic E-state index is 13.4. The second-order valence-electron chi connectivity index (χ2n) is 3.84. The molecule has 96 valence electrons. The lowest BCUT2D eigenvalue weighted by molar-refractivity contribution is 0.496. The van der Waals surface area contributed by atoms with Crippen molar-refractivity contribution in [3.63, 3.8) is 0 Å². The molecule has 0 spiro atoms. The molecule has 0 unspecified atom stereocenters. The topological polar surface area (TPSA) is 55.9 Å². The Morgan fingerprint density at radius 2 is 1.78 bits per heavy atom. The van der Waals surface area contributed by atoms with Gasteiger partial charge in [-0.15, -0.1) is 0 Å². The van der Waals surface area contributed by atoms with E-state index in [1.807, 2.05) is 0 Å². The Hall–Kier alpha value is -2.18. The number of rotatable bonds is 2. The predicted octanol–water partition coefficient (Wildman–Crippen LogP) is 2.47. The van der Waals surface area contributed by atoms with Crippen molar-refractivity contribution in [1.29, 1.82) is 0 Å². The molecule has 7 heteroatoms. The number of nitrogen functional groups attached to an aromatic ring is 1. The molecular formula is C11H11F3N4. The van der Waals surface area contributed by atoms with E-state index >= 15 is 0 Å². The van der Waals surface area contributed by atoms with Crippen molar-refractivity contribution < 1.29 is 13.2 Å². The minimum absolute atomic E-state index is 0.205. The number of nitrogens with two attached hydrogens (primary N) is 1. The Balaban J connectivity index is 2.43. The summed E-state index contributed by atoms with van der Waals surface area (Å²) >= 11 is 0. The van der Waals surface area contributed by atoms with Gasteiger partial charge in [-0.3, -0.25) is 4.68 Å². The lowest BCUT2D eigenvalue weighted by Gasteiger charge is -2.09. The van der Waals surface area contributed by atoms with E-state index in [9.17, 15) is 13.2 Å². The first-order valence-electron chi connectivity index (χ1n) is 5.10. The van der Waals surface area contributed by atoms with Crippen LogP contribution >= 0.6 is 0 Å². The van der Waals surface area contributed by atoms with Gasteiger partial charge in [0.1, 0.15) is 5.82 Å². The summed E-state index contributed by atoms with van der Waals surface area (Å²) in [5.74, 6) is -2.98. The highest BCUT2D eigenvalue weighted by atomic mass is 19.2.